The third kappa shape index (κ3) is 3.77. The van der Waals surface area contributed by atoms with Crippen molar-refractivity contribution in [2.24, 2.45) is 11.8 Å². The fourth-order valence-electron chi connectivity index (χ4n) is 1.43. The molecule has 2 atom stereocenters. The summed E-state index contributed by atoms with van der Waals surface area (Å²) in [7, 11) is 0. The maximum atomic E-state index is 11.9. The van der Waals surface area contributed by atoms with Crippen LogP contribution in [0.2, 0.25) is 0 Å². The first-order valence-corrected chi connectivity index (χ1v) is 6.51. The molecule has 0 fully saturated rings. The molecule has 0 aliphatic carbocycles. The first-order valence-electron chi connectivity index (χ1n) is 5.71. The van der Waals surface area contributed by atoms with Crippen molar-refractivity contribution in [3.63, 3.8) is 0 Å². The van der Waals surface area contributed by atoms with Crippen LogP contribution >= 0.6 is 15.9 Å². The quantitative estimate of drug-likeness (QED) is 0.630. The van der Waals surface area contributed by atoms with Gasteiger partial charge in [-0.25, -0.2) is 0 Å². The molecule has 1 rings (SSSR count). The molecule has 1 amide bonds. The highest BCUT2D eigenvalue weighted by molar-refractivity contribution is 9.10. The fourth-order valence-corrected chi connectivity index (χ4v) is 1.95. The number of nitrogens with zero attached hydrogens (tertiary/aromatic N) is 1. The van der Waals surface area contributed by atoms with Crippen molar-refractivity contribution in [3.8, 4) is 0 Å². The molecule has 108 valence electrons. The lowest BCUT2D eigenvalue weighted by molar-refractivity contribution is -0.385. The summed E-state index contributed by atoms with van der Waals surface area (Å²) in [5.41, 5.74) is 0.242. The number of carbonyl (C=O) groups is 2. The van der Waals surface area contributed by atoms with Gasteiger partial charge in [-0.05, 0) is 28.1 Å². The number of halogens is 1. The Bertz CT molecular complexity index is 561. The van der Waals surface area contributed by atoms with Crippen LogP contribution in [0.15, 0.2) is 22.7 Å². The molecule has 0 saturated carbocycles. The predicted molar refractivity (Wildman–Crippen MR) is 75.4 cm³/mol. The number of hydrogen-bond donors (Lipinski definition) is 2. The van der Waals surface area contributed by atoms with Gasteiger partial charge >= 0.3 is 5.97 Å². The summed E-state index contributed by atoms with van der Waals surface area (Å²) in [6.07, 6.45) is 0. The highest BCUT2D eigenvalue weighted by Crippen LogP contribution is 2.28. The van der Waals surface area contributed by atoms with E-state index in [1.54, 1.807) is 0 Å². The molecule has 2 unspecified atom stereocenters. The Morgan fingerprint density at radius 3 is 2.40 bits per heavy atom. The van der Waals surface area contributed by atoms with E-state index in [-0.39, 0.29) is 10.2 Å². The minimum Gasteiger partial charge on any atom is -0.481 e. The van der Waals surface area contributed by atoms with Crippen LogP contribution in [0, 0.1) is 22.0 Å². The van der Waals surface area contributed by atoms with Gasteiger partial charge in [0.2, 0.25) is 5.91 Å². The van der Waals surface area contributed by atoms with Gasteiger partial charge in [-0.3, -0.25) is 19.7 Å². The van der Waals surface area contributed by atoms with Gasteiger partial charge in [0.15, 0.2) is 0 Å². The van der Waals surface area contributed by atoms with Crippen molar-refractivity contribution in [1.29, 1.82) is 0 Å². The lowest BCUT2D eigenvalue weighted by Gasteiger charge is -2.15. The van der Waals surface area contributed by atoms with E-state index < -0.39 is 28.6 Å². The highest BCUT2D eigenvalue weighted by atomic mass is 79.9. The number of nitro groups is 1. The number of nitro benzene ring substituents is 1. The summed E-state index contributed by atoms with van der Waals surface area (Å²) < 4.78 is 0.235. The lowest BCUT2D eigenvalue weighted by atomic mass is 9.95. The number of benzene rings is 1. The molecule has 0 bridgehead atoms. The van der Waals surface area contributed by atoms with E-state index in [0.717, 1.165) is 0 Å². The number of anilines is 1. The van der Waals surface area contributed by atoms with Gasteiger partial charge in [-0.1, -0.05) is 13.8 Å². The summed E-state index contributed by atoms with van der Waals surface area (Å²) >= 11 is 3.04. The molecule has 20 heavy (non-hydrogen) atoms. The summed E-state index contributed by atoms with van der Waals surface area (Å²) in [6.45, 7) is 2.95. The SMILES string of the molecule is CC(C(=O)O)C(C)C(=O)Nc1ccc([N+](=O)[O-])c(Br)c1. The van der Waals surface area contributed by atoms with Gasteiger partial charge in [0.25, 0.3) is 5.69 Å². The van der Waals surface area contributed by atoms with Gasteiger partial charge in [-0.15, -0.1) is 0 Å². The zero-order valence-corrected chi connectivity index (χ0v) is 12.4. The minimum atomic E-state index is -1.06. The van der Waals surface area contributed by atoms with Crippen LogP contribution in [0.4, 0.5) is 11.4 Å². The zero-order chi connectivity index (χ0) is 15.4. The van der Waals surface area contributed by atoms with Crippen molar-refractivity contribution in [1.82, 2.24) is 0 Å². The second-order valence-corrected chi connectivity index (χ2v) is 5.18. The molecule has 2 N–H and O–H groups in total. The largest absolute Gasteiger partial charge is 0.481 e. The molecule has 1 aromatic rings. The van der Waals surface area contributed by atoms with Crippen molar-refractivity contribution in [3.05, 3.63) is 32.8 Å². The molecular formula is C12H13BrN2O5. The Morgan fingerprint density at radius 1 is 1.35 bits per heavy atom. The molecule has 0 heterocycles. The lowest BCUT2D eigenvalue weighted by Crippen LogP contribution is -2.29. The maximum Gasteiger partial charge on any atom is 0.307 e. The first kappa shape index (κ1) is 16.1. The molecule has 0 radical (unpaired) electrons. The molecule has 0 aromatic heterocycles. The second kappa shape index (κ2) is 6.47. The molecule has 7 nitrogen and oxygen atoms in total. The topological polar surface area (TPSA) is 110 Å². The van der Waals surface area contributed by atoms with E-state index in [0.29, 0.717) is 5.69 Å². The van der Waals surface area contributed by atoms with E-state index in [2.05, 4.69) is 21.2 Å². The molecule has 0 saturated heterocycles. The third-order valence-electron chi connectivity index (χ3n) is 2.97. The average Bonchev–Trinajstić information content (AvgIpc) is 2.36. The number of aliphatic carboxylic acids is 1. The number of rotatable bonds is 5. The fraction of sp³-hybridized carbons (Fsp3) is 0.333. The number of carboxylic acid groups (broad SMARTS) is 1. The van der Waals surface area contributed by atoms with E-state index >= 15 is 0 Å². The van der Waals surface area contributed by atoms with Crippen LogP contribution < -0.4 is 5.32 Å². The van der Waals surface area contributed by atoms with Crippen molar-refractivity contribution >= 4 is 39.2 Å². The van der Waals surface area contributed by atoms with Crippen LogP contribution in [0.5, 0.6) is 0 Å². The van der Waals surface area contributed by atoms with Crippen molar-refractivity contribution < 1.29 is 19.6 Å². The van der Waals surface area contributed by atoms with Gasteiger partial charge in [0.1, 0.15) is 0 Å². The Hall–Kier alpha value is -1.96. The van der Waals surface area contributed by atoms with E-state index in [4.69, 9.17) is 5.11 Å². The van der Waals surface area contributed by atoms with Gasteiger partial charge < -0.3 is 10.4 Å². The highest BCUT2D eigenvalue weighted by Gasteiger charge is 2.26. The number of carboxylic acids is 1. The predicted octanol–water partition coefficient (Wildman–Crippen LogP) is 2.65. The van der Waals surface area contributed by atoms with Crippen LogP contribution in [-0.4, -0.2) is 21.9 Å². The number of hydrogen-bond acceptors (Lipinski definition) is 4. The van der Waals surface area contributed by atoms with Crippen LogP contribution in [0.25, 0.3) is 0 Å². The Labute approximate surface area is 123 Å². The summed E-state index contributed by atoms with van der Waals surface area (Å²) in [5, 5.41) is 22.0. The minimum absolute atomic E-state index is 0.116. The number of amides is 1. The molecule has 1 aromatic carbocycles. The molecular weight excluding hydrogens is 332 g/mol. The van der Waals surface area contributed by atoms with Gasteiger partial charge in [0, 0.05) is 17.7 Å². The van der Waals surface area contributed by atoms with Crippen molar-refractivity contribution in [2.45, 2.75) is 13.8 Å². The smallest absolute Gasteiger partial charge is 0.307 e. The monoisotopic (exact) mass is 344 g/mol. The normalized spacial score (nSPS) is 13.3. The zero-order valence-electron chi connectivity index (χ0n) is 10.8. The van der Waals surface area contributed by atoms with Gasteiger partial charge in [0.05, 0.1) is 15.3 Å². The standard InChI is InChI=1S/C12H13BrN2O5/c1-6(7(2)12(17)18)11(16)14-8-3-4-10(15(19)20)9(13)5-8/h3-7H,1-2H3,(H,14,16)(H,17,18). The van der Waals surface area contributed by atoms with Gasteiger partial charge in [-0.2, -0.15) is 0 Å². The van der Waals surface area contributed by atoms with Crippen molar-refractivity contribution in [2.75, 3.05) is 5.32 Å². The molecule has 0 aliphatic rings. The van der Waals surface area contributed by atoms with Crippen LogP contribution in [0.3, 0.4) is 0 Å². The second-order valence-electron chi connectivity index (χ2n) is 4.33. The Balaban J connectivity index is 2.84. The van der Waals surface area contributed by atoms with E-state index in [1.165, 1.54) is 32.0 Å². The Kier molecular flexibility index (Phi) is 5.20. The summed E-state index contributed by atoms with van der Waals surface area (Å²) in [6, 6.07) is 4.04. The van der Waals surface area contributed by atoms with E-state index in [9.17, 15) is 19.7 Å². The Morgan fingerprint density at radius 2 is 1.95 bits per heavy atom. The van der Waals surface area contributed by atoms with Crippen LogP contribution in [0.1, 0.15) is 13.8 Å². The summed E-state index contributed by atoms with van der Waals surface area (Å²) in [4.78, 5) is 32.8. The average molecular weight is 345 g/mol. The summed E-state index contributed by atoms with van der Waals surface area (Å²) in [5.74, 6) is -3.06. The van der Waals surface area contributed by atoms with E-state index in [1.807, 2.05) is 0 Å². The maximum absolute atomic E-state index is 11.9. The molecule has 0 spiro atoms. The number of carbonyl (C=O) groups excluding carboxylic acids is 1. The molecule has 0 aliphatic heterocycles. The van der Waals surface area contributed by atoms with Crippen LogP contribution in [-0.2, 0) is 9.59 Å². The molecule has 8 heteroatoms. The number of nitrogens with one attached hydrogen (secondary N) is 1. The first-order chi connectivity index (χ1) is 9.23. The third-order valence-corrected chi connectivity index (χ3v) is 3.60.